The van der Waals surface area contributed by atoms with Crippen molar-refractivity contribution < 1.29 is 8.94 Å². The third kappa shape index (κ3) is 3.77. The van der Waals surface area contributed by atoms with Crippen LogP contribution >= 0.6 is 11.6 Å². The number of benzene rings is 1. The Morgan fingerprint density at radius 2 is 2.06 bits per heavy atom. The van der Waals surface area contributed by atoms with Crippen LogP contribution in [0.1, 0.15) is 26.3 Å². The maximum Gasteiger partial charge on any atom is 0.294 e. The number of hydrogen-bond acceptors (Lipinski definition) is 2. The maximum atomic E-state index is 13.3. The first-order chi connectivity index (χ1) is 7.30. The highest BCUT2D eigenvalue weighted by atomic mass is 35.5. The Kier molecular flexibility index (Phi) is 4.35. The minimum absolute atomic E-state index is 0.320. The van der Waals surface area contributed by atoms with Crippen molar-refractivity contribution in [3.63, 3.8) is 0 Å². The van der Waals surface area contributed by atoms with Crippen molar-refractivity contribution in [2.24, 2.45) is 4.40 Å². The molecule has 1 aromatic rings. The van der Waals surface area contributed by atoms with E-state index in [0.717, 1.165) is 0 Å². The molecular weight excluding hydrogens is 249 g/mol. The van der Waals surface area contributed by atoms with Crippen molar-refractivity contribution in [1.29, 1.82) is 0 Å². The summed E-state index contributed by atoms with van der Waals surface area (Å²) in [5, 5.41) is 0.341. The molecule has 16 heavy (non-hydrogen) atoms. The molecule has 2 nitrogen and oxygen atoms in total. The zero-order chi connectivity index (χ0) is 12.3. The fraction of sp³-hybridized carbons (Fsp3) is 0.364. The molecule has 0 aliphatic rings. The molecule has 0 saturated carbocycles. The lowest BCUT2D eigenvalue weighted by Crippen LogP contribution is -2.25. The van der Waals surface area contributed by atoms with Crippen LogP contribution in [0.2, 0.25) is 5.02 Å². The summed E-state index contributed by atoms with van der Waals surface area (Å²) >= 11 is 4.49. The van der Waals surface area contributed by atoms with Gasteiger partial charge in [-0.2, -0.15) is 4.55 Å². The van der Waals surface area contributed by atoms with Gasteiger partial charge in [-0.25, -0.2) is 4.39 Å². The number of rotatable bonds is 2. The summed E-state index contributed by atoms with van der Waals surface area (Å²) in [4.78, 5) is 0. The molecule has 0 bridgehead atoms. The molecule has 0 radical (unpaired) electrons. The van der Waals surface area contributed by atoms with Gasteiger partial charge in [0.25, 0.3) is 11.4 Å². The average molecular weight is 263 g/mol. The molecule has 0 heterocycles. The van der Waals surface area contributed by atoms with E-state index in [1.807, 2.05) is 20.8 Å². The monoisotopic (exact) mass is 262 g/mol. The van der Waals surface area contributed by atoms with E-state index in [4.69, 9.17) is 11.6 Å². The molecule has 1 aromatic carbocycles. The Labute approximate surface area is 103 Å². The van der Waals surface area contributed by atoms with Crippen molar-refractivity contribution in [2.75, 3.05) is 0 Å². The van der Waals surface area contributed by atoms with Crippen LogP contribution in [0, 0.1) is 5.82 Å². The maximum absolute atomic E-state index is 13.3. The van der Waals surface area contributed by atoms with E-state index in [2.05, 4.69) is 4.40 Å². The second-order valence-electron chi connectivity index (χ2n) is 4.28. The van der Waals surface area contributed by atoms with E-state index in [-0.39, 0.29) is 4.75 Å². The molecule has 1 atom stereocenters. The molecule has 5 heteroatoms. The van der Waals surface area contributed by atoms with Gasteiger partial charge in [0.15, 0.2) is 4.75 Å². The van der Waals surface area contributed by atoms with Crippen LogP contribution in [0.15, 0.2) is 22.6 Å². The summed E-state index contributed by atoms with van der Waals surface area (Å²) in [7, 11) is 0. The van der Waals surface area contributed by atoms with Crippen molar-refractivity contribution in [1.82, 2.24) is 0 Å². The third-order valence-electron chi connectivity index (χ3n) is 1.80. The predicted octanol–water partition coefficient (Wildman–Crippen LogP) is 3.70. The smallest absolute Gasteiger partial charge is 0.206 e. The zero-order valence-corrected chi connectivity index (χ0v) is 10.9. The van der Waals surface area contributed by atoms with Gasteiger partial charge in [0.05, 0.1) is 6.21 Å². The van der Waals surface area contributed by atoms with Crippen LogP contribution in [-0.4, -0.2) is 15.5 Å². The van der Waals surface area contributed by atoms with Crippen LogP contribution in [-0.2, 0) is 11.4 Å². The first-order valence-corrected chi connectivity index (χ1v) is 6.25. The van der Waals surface area contributed by atoms with Gasteiger partial charge in [0.1, 0.15) is 5.82 Å². The molecule has 0 aromatic heterocycles. The van der Waals surface area contributed by atoms with E-state index in [9.17, 15) is 8.94 Å². The van der Waals surface area contributed by atoms with Crippen LogP contribution < -0.4 is 0 Å². The van der Waals surface area contributed by atoms with E-state index in [0.29, 0.717) is 10.6 Å². The quantitative estimate of drug-likeness (QED) is 0.640. The topological polar surface area (TPSA) is 32.6 Å². The van der Waals surface area contributed by atoms with Gasteiger partial charge >= 0.3 is 0 Å². The van der Waals surface area contributed by atoms with Crippen molar-refractivity contribution in [2.45, 2.75) is 25.5 Å². The lowest BCUT2D eigenvalue weighted by molar-refractivity contribution is 0.597. The lowest BCUT2D eigenvalue weighted by atomic mass is 10.2. The molecular formula is C11H14ClFNOS+. The van der Waals surface area contributed by atoms with Gasteiger partial charge < -0.3 is 0 Å². The normalized spacial score (nSPS) is 14.4. The average Bonchev–Trinajstić information content (AvgIpc) is 2.14. The van der Waals surface area contributed by atoms with Gasteiger partial charge in [0.2, 0.25) is 0 Å². The highest BCUT2D eigenvalue weighted by Gasteiger charge is 2.34. The Morgan fingerprint density at radius 3 is 2.56 bits per heavy atom. The molecule has 0 spiro atoms. The molecule has 1 N–H and O–H groups in total. The Bertz CT molecular complexity index is 403. The SMILES string of the molecule is CC(C)(C)[S+](O)/N=C/c1ccc(Cl)cc1F. The van der Waals surface area contributed by atoms with Gasteiger partial charge in [-0.1, -0.05) is 11.6 Å². The van der Waals surface area contributed by atoms with E-state index >= 15 is 0 Å². The predicted molar refractivity (Wildman–Crippen MR) is 68.8 cm³/mol. The van der Waals surface area contributed by atoms with Crippen LogP contribution in [0.3, 0.4) is 0 Å². The van der Waals surface area contributed by atoms with Crippen molar-refractivity contribution in [3.05, 3.63) is 34.6 Å². The number of nitrogens with zero attached hydrogens (tertiary/aromatic N) is 1. The van der Waals surface area contributed by atoms with Crippen molar-refractivity contribution >= 4 is 29.2 Å². The molecule has 1 rings (SSSR count). The summed E-state index contributed by atoms with van der Waals surface area (Å²) in [6, 6.07) is 4.33. The fourth-order valence-electron chi connectivity index (χ4n) is 0.871. The fourth-order valence-corrected chi connectivity index (χ4v) is 1.56. The van der Waals surface area contributed by atoms with Gasteiger partial charge in [-0.3, -0.25) is 0 Å². The van der Waals surface area contributed by atoms with Crippen molar-refractivity contribution in [3.8, 4) is 0 Å². The Hall–Kier alpha value is -0.580. The van der Waals surface area contributed by atoms with E-state index in [1.165, 1.54) is 18.3 Å². The van der Waals surface area contributed by atoms with Gasteiger partial charge in [0, 0.05) is 10.6 Å². The lowest BCUT2D eigenvalue weighted by Gasteiger charge is -2.08. The molecule has 1 unspecified atom stereocenters. The summed E-state index contributed by atoms with van der Waals surface area (Å²) in [5.41, 5.74) is 0.320. The minimum Gasteiger partial charge on any atom is -0.206 e. The third-order valence-corrected chi connectivity index (χ3v) is 3.44. The largest absolute Gasteiger partial charge is 0.294 e. The number of halogens is 2. The van der Waals surface area contributed by atoms with Crippen LogP contribution in [0.5, 0.6) is 0 Å². The first-order valence-electron chi connectivity index (χ1n) is 4.73. The summed E-state index contributed by atoms with van der Waals surface area (Å²) in [6.07, 6.45) is 1.33. The Balaban J connectivity index is 2.85. The minimum atomic E-state index is -1.13. The Morgan fingerprint density at radius 1 is 1.44 bits per heavy atom. The van der Waals surface area contributed by atoms with Crippen LogP contribution in [0.25, 0.3) is 0 Å². The zero-order valence-electron chi connectivity index (χ0n) is 9.37. The number of hydrogen-bond donors (Lipinski definition) is 1. The summed E-state index contributed by atoms with van der Waals surface area (Å²) in [5.74, 6) is -0.442. The van der Waals surface area contributed by atoms with Gasteiger partial charge in [-0.15, -0.1) is 0 Å². The van der Waals surface area contributed by atoms with E-state index in [1.54, 1.807) is 6.07 Å². The summed E-state index contributed by atoms with van der Waals surface area (Å²) in [6.45, 7) is 5.60. The van der Waals surface area contributed by atoms with E-state index < -0.39 is 17.2 Å². The molecule has 88 valence electrons. The van der Waals surface area contributed by atoms with Crippen LogP contribution in [0.4, 0.5) is 4.39 Å². The second-order valence-corrected chi connectivity index (χ2v) is 6.68. The van der Waals surface area contributed by atoms with Gasteiger partial charge in [-0.05, 0) is 43.4 Å². The molecule has 0 fully saturated rings. The molecule has 0 aliphatic carbocycles. The summed E-state index contributed by atoms with van der Waals surface area (Å²) < 4.78 is 26.6. The standard InChI is InChI=1S/C11H14ClFNOS/c1-11(2,3)16(15)14-7-8-4-5-9(12)6-10(8)13/h4-7,15H,1-3H3/q+1/b14-7+. The molecule has 0 saturated heterocycles. The molecule has 0 amide bonds. The highest BCUT2D eigenvalue weighted by Crippen LogP contribution is 2.18. The first kappa shape index (κ1) is 13.5. The molecule has 0 aliphatic heterocycles. The highest BCUT2D eigenvalue weighted by molar-refractivity contribution is 7.91. The second kappa shape index (κ2) is 5.17.